The number of amides is 1. The van der Waals surface area contributed by atoms with E-state index in [1.54, 1.807) is 24.3 Å². The van der Waals surface area contributed by atoms with E-state index < -0.39 is 29.0 Å². The highest BCUT2D eigenvalue weighted by molar-refractivity contribution is 6.06. The Labute approximate surface area is 129 Å². The predicted octanol–water partition coefficient (Wildman–Crippen LogP) is 4.21. The zero-order valence-corrected chi connectivity index (χ0v) is 12.0. The second-order valence-electron chi connectivity index (χ2n) is 5.03. The SMILES string of the molecule is Cc1ccc2cc(C(=O)Nc3c(F)ccc(F)c3F)ccc2n1. The van der Waals surface area contributed by atoms with E-state index in [0.29, 0.717) is 17.0 Å². The van der Waals surface area contributed by atoms with Crippen LogP contribution in [0.3, 0.4) is 0 Å². The summed E-state index contributed by atoms with van der Waals surface area (Å²) in [6.45, 7) is 1.84. The first-order chi connectivity index (χ1) is 11.0. The number of benzene rings is 2. The largest absolute Gasteiger partial charge is 0.317 e. The number of nitrogens with one attached hydrogen (secondary N) is 1. The molecule has 23 heavy (non-hydrogen) atoms. The maximum atomic E-state index is 13.6. The second-order valence-corrected chi connectivity index (χ2v) is 5.03. The van der Waals surface area contributed by atoms with Crippen molar-refractivity contribution >= 4 is 22.5 Å². The molecule has 1 amide bonds. The molecule has 0 bridgehead atoms. The van der Waals surface area contributed by atoms with Gasteiger partial charge in [0.15, 0.2) is 11.6 Å². The Bertz CT molecular complexity index is 925. The van der Waals surface area contributed by atoms with Crippen LogP contribution in [0.1, 0.15) is 16.1 Å². The van der Waals surface area contributed by atoms with Crippen molar-refractivity contribution in [3.05, 3.63) is 71.2 Å². The molecule has 0 fully saturated rings. The summed E-state index contributed by atoms with van der Waals surface area (Å²) in [6, 6.07) is 9.65. The molecule has 2 aromatic carbocycles. The summed E-state index contributed by atoms with van der Waals surface area (Å²) >= 11 is 0. The van der Waals surface area contributed by atoms with Crippen LogP contribution in [-0.4, -0.2) is 10.9 Å². The molecule has 0 aliphatic heterocycles. The first-order valence-electron chi connectivity index (χ1n) is 6.78. The van der Waals surface area contributed by atoms with E-state index in [1.807, 2.05) is 6.92 Å². The lowest BCUT2D eigenvalue weighted by molar-refractivity contribution is 0.102. The van der Waals surface area contributed by atoms with Gasteiger partial charge in [0.2, 0.25) is 0 Å². The number of hydrogen-bond acceptors (Lipinski definition) is 2. The Morgan fingerprint density at radius 2 is 1.74 bits per heavy atom. The Morgan fingerprint density at radius 3 is 2.52 bits per heavy atom. The van der Waals surface area contributed by atoms with E-state index in [9.17, 15) is 18.0 Å². The number of halogens is 3. The van der Waals surface area contributed by atoms with Gasteiger partial charge < -0.3 is 5.32 Å². The lowest BCUT2D eigenvalue weighted by Crippen LogP contribution is -2.15. The maximum Gasteiger partial charge on any atom is 0.255 e. The molecule has 0 atom stereocenters. The van der Waals surface area contributed by atoms with Crippen molar-refractivity contribution in [3.8, 4) is 0 Å². The molecule has 0 saturated heterocycles. The molecular formula is C17H11F3N2O. The van der Waals surface area contributed by atoms with Gasteiger partial charge in [-0.15, -0.1) is 0 Å². The van der Waals surface area contributed by atoms with Gasteiger partial charge in [-0.1, -0.05) is 6.07 Å². The van der Waals surface area contributed by atoms with Crippen LogP contribution in [-0.2, 0) is 0 Å². The minimum Gasteiger partial charge on any atom is -0.317 e. The van der Waals surface area contributed by atoms with Gasteiger partial charge in [0, 0.05) is 16.6 Å². The van der Waals surface area contributed by atoms with Gasteiger partial charge in [0.1, 0.15) is 11.5 Å². The van der Waals surface area contributed by atoms with Gasteiger partial charge in [0.05, 0.1) is 5.52 Å². The third-order valence-corrected chi connectivity index (χ3v) is 3.37. The summed E-state index contributed by atoms with van der Waals surface area (Å²) in [5.41, 5.74) is 0.909. The highest BCUT2D eigenvalue weighted by atomic mass is 19.2. The highest BCUT2D eigenvalue weighted by Gasteiger charge is 2.17. The number of nitrogens with zero attached hydrogens (tertiary/aromatic N) is 1. The number of rotatable bonds is 2. The summed E-state index contributed by atoms with van der Waals surface area (Å²) in [4.78, 5) is 16.5. The molecule has 0 radical (unpaired) electrons. The molecular weight excluding hydrogens is 305 g/mol. The van der Waals surface area contributed by atoms with Crippen LogP contribution in [0.25, 0.3) is 10.9 Å². The lowest BCUT2D eigenvalue weighted by Gasteiger charge is -2.09. The second kappa shape index (κ2) is 5.72. The van der Waals surface area contributed by atoms with Crippen molar-refractivity contribution in [1.29, 1.82) is 0 Å². The first kappa shape index (κ1) is 15.0. The normalized spacial score (nSPS) is 10.8. The number of anilines is 1. The average molecular weight is 316 g/mol. The number of carbonyl (C=O) groups excluding carboxylic acids is 1. The third kappa shape index (κ3) is 2.88. The minimum atomic E-state index is -1.43. The van der Waals surface area contributed by atoms with Crippen molar-refractivity contribution in [2.45, 2.75) is 6.92 Å². The van der Waals surface area contributed by atoms with Crippen LogP contribution in [0.4, 0.5) is 18.9 Å². The molecule has 3 nitrogen and oxygen atoms in total. The fourth-order valence-corrected chi connectivity index (χ4v) is 2.20. The fourth-order valence-electron chi connectivity index (χ4n) is 2.20. The number of carbonyl (C=O) groups is 1. The van der Waals surface area contributed by atoms with E-state index in [2.05, 4.69) is 10.3 Å². The van der Waals surface area contributed by atoms with E-state index in [-0.39, 0.29) is 5.56 Å². The van der Waals surface area contributed by atoms with Gasteiger partial charge in [-0.3, -0.25) is 9.78 Å². The quantitative estimate of drug-likeness (QED) is 0.720. The molecule has 3 rings (SSSR count). The molecule has 0 saturated carbocycles. The van der Waals surface area contributed by atoms with Crippen LogP contribution >= 0.6 is 0 Å². The number of pyridine rings is 1. The van der Waals surface area contributed by atoms with E-state index in [1.165, 1.54) is 6.07 Å². The van der Waals surface area contributed by atoms with Crippen LogP contribution in [0.15, 0.2) is 42.5 Å². The average Bonchev–Trinajstić information content (AvgIpc) is 2.54. The summed E-state index contributed by atoms with van der Waals surface area (Å²) in [6.07, 6.45) is 0. The summed E-state index contributed by atoms with van der Waals surface area (Å²) in [5, 5.41) is 2.77. The molecule has 3 aromatic rings. The Balaban J connectivity index is 1.95. The van der Waals surface area contributed by atoms with Crippen molar-refractivity contribution in [2.24, 2.45) is 0 Å². The van der Waals surface area contributed by atoms with Gasteiger partial charge in [-0.2, -0.15) is 0 Å². The predicted molar refractivity (Wildman–Crippen MR) is 80.7 cm³/mol. The third-order valence-electron chi connectivity index (χ3n) is 3.37. The first-order valence-corrected chi connectivity index (χ1v) is 6.78. The molecule has 0 unspecified atom stereocenters. The maximum absolute atomic E-state index is 13.6. The molecule has 1 heterocycles. The van der Waals surface area contributed by atoms with Crippen molar-refractivity contribution in [3.63, 3.8) is 0 Å². The van der Waals surface area contributed by atoms with Crippen molar-refractivity contribution in [1.82, 2.24) is 4.98 Å². The van der Waals surface area contributed by atoms with E-state index in [0.717, 1.165) is 11.8 Å². The van der Waals surface area contributed by atoms with Crippen molar-refractivity contribution in [2.75, 3.05) is 5.32 Å². The zero-order chi connectivity index (χ0) is 16.6. The van der Waals surface area contributed by atoms with Crippen LogP contribution < -0.4 is 5.32 Å². The Hall–Kier alpha value is -2.89. The molecule has 1 aromatic heterocycles. The smallest absolute Gasteiger partial charge is 0.255 e. The van der Waals surface area contributed by atoms with Crippen molar-refractivity contribution < 1.29 is 18.0 Å². The summed E-state index contributed by atoms with van der Waals surface area (Å²) in [7, 11) is 0. The number of aromatic nitrogens is 1. The molecule has 0 aliphatic rings. The van der Waals surface area contributed by atoms with Crippen LogP contribution in [0.2, 0.25) is 0 Å². The van der Waals surface area contributed by atoms with Gasteiger partial charge in [0.25, 0.3) is 5.91 Å². The lowest BCUT2D eigenvalue weighted by atomic mass is 10.1. The van der Waals surface area contributed by atoms with Crippen LogP contribution in [0, 0.1) is 24.4 Å². The van der Waals surface area contributed by atoms with Crippen LogP contribution in [0.5, 0.6) is 0 Å². The number of hydrogen-bond donors (Lipinski definition) is 1. The summed E-state index contributed by atoms with van der Waals surface area (Å²) in [5.74, 6) is -4.46. The standard InChI is InChI=1S/C17H11F3N2O/c1-9-2-3-10-8-11(4-7-14(10)21-9)17(23)22-16-13(19)6-5-12(18)15(16)20/h2-8H,1H3,(H,22,23). The monoisotopic (exact) mass is 316 g/mol. The summed E-state index contributed by atoms with van der Waals surface area (Å²) < 4.78 is 40.3. The highest BCUT2D eigenvalue weighted by Crippen LogP contribution is 2.22. The number of aryl methyl sites for hydroxylation is 1. The topological polar surface area (TPSA) is 42.0 Å². The minimum absolute atomic E-state index is 0.186. The molecule has 0 spiro atoms. The fraction of sp³-hybridized carbons (Fsp3) is 0.0588. The van der Waals surface area contributed by atoms with E-state index >= 15 is 0 Å². The molecule has 1 N–H and O–H groups in total. The Kier molecular flexibility index (Phi) is 3.73. The Morgan fingerprint density at radius 1 is 1.00 bits per heavy atom. The molecule has 0 aliphatic carbocycles. The molecule has 6 heteroatoms. The van der Waals surface area contributed by atoms with Gasteiger partial charge in [-0.05, 0) is 43.3 Å². The molecule has 116 valence electrons. The van der Waals surface area contributed by atoms with Gasteiger partial charge >= 0.3 is 0 Å². The van der Waals surface area contributed by atoms with Gasteiger partial charge in [-0.25, -0.2) is 13.2 Å². The zero-order valence-electron chi connectivity index (χ0n) is 12.0. The number of fused-ring (bicyclic) bond motifs is 1. The van der Waals surface area contributed by atoms with E-state index in [4.69, 9.17) is 0 Å².